The van der Waals surface area contributed by atoms with E-state index in [1.807, 2.05) is 19.1 Å². The highest BCUT2D eigenvalue weighted by molar-refractivity contribution is 7.89. The standard InChI is InChI=1S/C22H27ClN2O3S/c1-17-7-12-20(29(27,28)25-13-5-3-4-6-14-25)15-21(17)22(26)24(2)16-18-8-10-19(23)11-9-18/h7-12,15H,3-6,13-14,16H2,1-2H3. The van der Waals surface area contributed by atoms with Crippen molar-refractivity contribution in [1.29, 1.82) is 0 Å². The van der Waals surface area contributed by atoms with Crippen LogP contribution in [0.25, 0.3) is 0 Å². The van der Waals surface area contributed by atoms with Crippen molar-refractivity contribution in [1.82, 2.24) is 9.21 Å². The molecule has 29 heavy (non-hydrogen) atoms. The van der Waals surface area contributed by atoms with Crippen LogP contribution in [-0.2, 0) is 16.6 Å². The first-order valence-corrected chi connectivity index (χ1v) is 11.7. The molecule has 1 aliphatic rings. The molecule has 0 radical (unpaired) electrons. The lowest BCUT2D eigenvalue weighted by atomic mass is 10.1. The molecular formula is C22H27ClN2O3S. The van der Waals surface area contributed by atoms with Crippen LogP contribution in [0.1, 0.15) is 47.2 Å². The summed E-state index contributed by atoms with van der Waals surface area (Å²) in [7, 11) is -1.88. The van der Waals surface area contributed by atoms with E-state index in [0.29, 0.717) is 30.2 Å². The molecule has 0 N–H and O–H groups in total. The van der Waals surface area contributed by atoms with E-state index in [-0.39, 0.29) is 10.8 Å². The third kappa shape index (κ3) is 5.18. The van der Waals surface area contributed by atoms with Gasteiger partial charge in [-0.2, -0.15) is 4.31 Å². The van der Waals surface area contributed by atoms with Crippen molar-refractivity contribution >= 4 is 27.5 Å². The Morgan fingerprint density at radius 3 is 2.28 bits per heavy atom. The van der Waals surface area contributed by atoms with Gasteiger partial charge in [0.2, 0.25) is 10.0 Å². The number of carbonyl (C=O) groups excluding carboxylic acids is 1. The normalized spacial score (nSPS) is 15.7. The summed E-state index contributed by atoms with van der Waals surface area (Å²) in [6.07, 6.45) is 3.86. The number of rotatable bonds is 5. The van der Waals surface area contributed by atoms with Gasteiger partial charge in [-0.25, -0.2) is 8.42 Å². The minimum absolute atomic E-state index is 0.188. The van der Waals surface area contributed by atoms with Crippen molar-refractivity contribution in [3.63, 3.8) is 0 Å². The predicted octanol–water partition coefficient (Wildman–Crippen LogP) is 4.49. The zero-order chi connectivity index (χ0) is 21.0. The number of sulfonamides is 1. The second kappa shape index (κ2) is 9.28. The zero-order valence-corrected chi connectivity index (χ0v) is 18.5. The number of benzene rings is 2. The Kier molecular flexibility index (Phi) is 6.98. The molecular weight excluding hydrogens is 408 g/mol. The first kappa shape index (κ1) is 21.8. The smallest absolute Gasteiger partial charge is 0.254 e. The minimum atomic E-state index is -3.60. The van der Waals surface area contributed by atoms with Crippen LogP contribution in [0.3, 0.4) is 0 Å². The second-order valence-electron chi connectivity index (χ2n) is 7.58. The molecule has 156 valence electrons. The first-order chi connectivity index (χ1) is 13.8. The summed E-state index contributed by atoms with van der Waals surface area (Å²) in [5.74, 6) is -0.203. The maximum absolute atomic E-state index is 13.1. The second-order valence-corrected chi connectivity index (χ2v) is 9.96. The van der Waals surface area contributed by atoms with Crippen LogP contribution in [0.4, 0.5) is 0 Å². The molecule has 0 bridgehead atoms. The Morgan fingerprint density at radius 1 is 1.03 bits per heavy atom. The lowest BCUT2D eigenvalue weighted by Gasteiger charge is -2.22. The van der Waals surface area contributed by atoms with Crippen LogP contribution in [0.2, 0.25) is 5.02 Å². The highest BCUT2D eigenvalue weighted by Crippen LogP contribution is 2.23. The van der Waals surface area contributed by atoms with E-state index in [9.17, 15) is 13.2 Å². The van der Waals surface area contributed by atoms with Gasteiger partial charge in [0, 0.05) is 37.3 Å². The summed E-state index contributed by atoms with van der Waals surface area (Å²) in [5.41, 5.74) is 2.13. The Hall–Kier alpha value is -1.89. The Bertz CT molecular complexity index is 966. The largest absolute Gasteiger partial charge is 0.337 e. The fraction of sp³-hybridized carbons (Fsp3) is 0.409. The zero-order valence-electron chi connectivity index (χ0n) is 16.9. The molecule has 1 heterocycles. The fourth-order valence-corrected chi connectivity index (χ4v) is 5.23. The van der Waals surface area contributed by atoms with Gasteiger partial charge in [0.1, 0.15) is 0 Å². The quantitative estimate of drug-likeness (QED) is 0.696. The van der Waals surface area contributed by atoms with Crippen molar-refractivity contribution in [3.8, 4) is 0 Å². The van der Waals surface area contributed by atoms with E-state index in [1.54, 1.807) is 40.5 Å². The third-order valence-corrected chi connectivity index (χ3v) is 7.47. The van der Waals surface area contributed by atoms with Crippen LogP contribution in [0, 0.1) is 6.92 Å². The summed E-state index contributed by atoms with van der Waals surface area (Å²) >= 11 is 5.92. The lowest BCUT2D eigenvalue weighted by Crippen LogP contribution is -2.32. The van der Waals surface area contributed by atoms with Crippen molar-refractivity contribution in [2.24, 2.45) is 0 Å². The van der Waals surface area contributed by atoms with E-state index in [1.165, 1.54) is 6.07 Å². The molecule has 1 aliphatic heterocycles. The maximum atomic E-state index is 13.1. The van der Waals surface area contributed by atoms with Crippen LogP contribution >= 0.6 is 11.6 Å². The molecule has 2 aromatic carbocycles. The van der Waals surface area contributed by atoms with Gasteiger partial charge in [0.15, 0.2) is 0 Å². The van der Waals surface area contributed by atoms with Crippen LogP contribution < -0.4 is 0 Å². The summed E-state index contributed by atoms with van der Waals surface area (Å²) in [6.45, 7) is 3.32. The molecule has 0 aliphatic carbocycles. The molecule has 7 heteroatoms. The van der Waals surface area contributed by atoms with Crippen molar-refractivity contribution in [2.45, 2.75) is 44.0 Å². The van der Waals surface area contributed by atoms with E-state index >= 15 is 0 Å². The summed E-state index contributed by atoms with van der Waals surface area (Å²) in [6, 6.07) is 12.2. The first-order valence-electron chi connectivity index (χ1n) is 9.90. The van der Waals surface area contributed by atoms with Crippen LogP contribution in [0.15, 0.2) is 47.4 Å². The summed E-state index contributed by atoms with van der Waals surface area (Å²) in [4.78, 5) is 14.8. The molecule has 2 aromatic rings. The van der Waals surface area contributed by atoms with Gasteiger partial charge in [-0.15, -0.1) is 0 Å². The van der Waals surface area contributed by atoms with E-state index in [2.05, 4.69) is 0 Å². The Balaban J connectivity index is 1.84. The molecule has 0 spiro atoms. The Labute approximate surface area is 178 Å². The topological polar surface area (TPSA) is 57.7 Å². The number of carbonyl (C=O) groups is 1. The SMILES string of the molecule is Cc1ccc(S(=O)(=O)N2CCCCCC2)cc1C(=O)N(C)Cc1ccc(Cl)cc1. The third-order valence-electron chi connectivity index (χ3n) is 5.32. The highest BCUT2D eigenvalue weighted by Gasteiger charge is 2.27. The summed E-state index contributed by atoms with van der Waals surface area (Å²) < 4.78 is 27.8. The van der Waals surface area contributed by atoms with Gasteiger partial charge in [-0.05, 0) is 55.2 Å². The predicted molar refractivity (Wildman–Crippen MR) is 116 cm³/mol. The van der Waals surface area contributed by atoms with Crippen LogP contribution in [-0.4, -0.2) is 43.7 Å². The summed E-state index contributed by atoms with van der Waals surface area (Å²) in [5, 5.41) is 0.644. The fourth-order valence-electron chi connectivity index (χ4n) is 3.56. The lowest BCUT2D eigenvalue weighted by molar-refractivity contribution is 0.0784. The monoisotopic (exact) mass is 434 g/mol. The van der Waals surface area contributed by atoms with Gasteiger partial charge in [0.25, 0.3) is 5.91 Å². The molecule has 1 fully saturated rings. The Morgan fingerprint density at radius 2 is 1.66 bits per heavy atom. The molecule has 1 saturated heterocycles. The minimum Gasteiger partial charge on any atom is -0.337 e. The van der Waals surface area contributed by atoms with Gasteiger partial charge in [-0.1, -0.05) is 42.6 Å². The molecule has 3 rings (SSSR count). The molecule has 5 nitrogen and oxygen atoms in total. The van der Waals surface area contributed by atoms with Crippen LogP contribution in [0.5, 0.6) is 0 Å². The highest BCUT2D eigenvalue weighted by atomic mass is 35.5. The van der Waals surface area contributed by atoms with E-state index in [4.69, 9.17) is 11.6 Å². The number of hydrogen-bond donors (Lipinski definition) is 0. The molecule has 0 unspecified atom stereocenters. The number of halogens is 1. The number of nitrogens with zero attached hydrogens (tertiary/aromatic N) is 2. The maximum Gasteiger partial charge on any atom is 0.254 e. The molecule has 1 amide bonds. The average Bonchev–Trinajstić information content (AvgIpc) is 2.99. The molecule has 0 atom stereocenters. The molecule has 0 saturated carbocycles. The van der Waals surface area contributed by atoms with Gasteiger partial charge in [-0.3, -0.25) is 4.79 Å². The van der Waals surface area contributed by atoms with E-state index < -0.39 is 10.0 Å². The average molecular weight is 435 g/mol. The molecule has 0 aromatic heterocycles. The van der Waals surface area contributed by atoms with Crippen molar-refractivity contribution < 1.29 is 13.2 Å². The number of aryl methyl sites for hydroxylation is 1. The van der Waals surface area contributed by atoms with Gasteiger partial charge < -0.3 is 4.90 Å². The van der Waals surface area contributed by atoms with Crippen molar-refractivity contribution in [2.75, 3.05) is 20.1 Å². The van der Waals surface area contributed by atoms with Gasteiger partial charge in [0.05, 0.1) is 4.90 Å². The van der Waals surface area contributed by atoms with E-state index in [0.717, 1.165) is 36.8 Å². The number of amides is 1. The van der Waals surface area contributed by atoms with Gasteiger partial charge >= 0.3 is 0 Å². The number of hydrogen-bond acceptors (Lipinski definition) is 3. The van der Waals surface area contributed by atoms with Crippen molar-refractivity contribution in [3.05, 3.63) is 64.2 Å².